The molecule has 0 aromatic heterocycles. The SMILES string of the molecule is Nc1cccc(C#Cc2cccc(N)c2)c1. The van der Waals surface area contributed by atoms with Crippen LogP contribution in [-0.4, -0.2) is 0 Å². The first-order valence-electron chi connectivity index (χ1n) is 4.97. The molecule has 0 amide bonds. The van der Waals surface area contributed by atoms with Crippen molar-refractivity contribution >= 4 is 11.4 Å². The lowest BCUT2D eigenvalue weighted by atomic mass is 10.1. The van der Waals surface area contributed by atoms with Crippen molar-refractivity contribution in [2.75, 3.05) is 11.5 Å². The highest BCUT2D eigenvalue weighted by Gasteiger charge is 1.89. The maximum absolute atomic E-state index is 5.66. The van der Waals surface area contributed by atoms with E-state index in [-0.39, 0.29) is 0 Å². The number of nitrogen functional groups attached to an aromatic ring is 2. The summed E-state index contributed by atoms with van der Waals surface area (Å²) >= 11 is 0. The van der Waals surface area contributed by atoms with Crippen LogP contribution in [0.25, 0.3) is 0 Å². The van der Waals surface area contributed by atoms with Crippen molar-refractivity contribution in [1.29, 1.82) is 0 Å². The summed E-state index contributed by atoms with van der Waals surface area (Å²) in [5, 5.41) is 0. The Labute approximate surface area is 94.9 Å². The van der Waals surface area contributed by atoms with Gasteiger partial charge in [-0.1, -0.05) is 24.0 Å². The summed E-state index contributed by atoms with van der Waals surface area (Å²) in [5.74, 6) is 6.09. The highest BCUT2D eigenvalue weighted by molar-refractivity contribution is 5.52. The fourth-order valence-corrected chi connectivity index (χ4v) is 1.38. The second-order valence-corrected chi connectivity index (χ2v) is 3.50. The third-order valence-corrected chi connectivity index (χ3v) is 2.12. The number of nitrogens with two attached hydrogens (primary N) is 2. The van der Waals surface area contributed by atoms with Crippen LogP contribution >= 0.6 is 0 Å². The van der Waals surface area contributed by atoms with Crippen LogP contribution in [0.15, 0.2) is 48.5 Å². The van der Waals surface area contributed by atoms with Gasteiger partial charge in [0.2, 0.25) is 0 Å². The molecule has 0 saturated heterocycles. The molecule has 0 saturated carbocycles. The molecule has 0 unspecified atom stereocenters. The molecule has 0 aliphatic carbocycles. The molecule has 0 radical (unpaired) electrons. The van der Waals surface area contributed by atoms with Crippen molar-refractivity contribution in [3.63, 3.8) is 0 Å². The summed E-state index contributed by atoms with van der Waals surface area (Å²) in [6.07, 6.45) is 0. The average Bonchev–Trinajstić information content (AvgIpc) is 2.27. The van der Waals surface area contributed by atoms with E-state index in [4.69, 9.17) is 11.5 Å². The van der Waals surface area contributed by atoms with Crippen molar-refractivity contribution in [3.05, 3.63) is 59.7 Å². The molecule has 2 rings (SSSR count). The predicted octanol–water partition coefficient (Wildman–Crippen LogP) is 2.25. The summed E-state index contributed by atoms with van der Waals surface area (Å²) < 4.78 is 0. The molecule has 0 heterocycles. The highest BCUT2D eigenvalue weighted by atomic mass is 14.5. The zero-order chi connectivity index (χ0) is 11.4. The minimum atomic E-state index is 0.722. The summed E-state index contributed by atoms with van der Waals surface area (Å²) in [7, 11) is 0. The van der Waals surface area contributed by atoms with Gasteiger partial charge in [-0.3, -0.25) is 0 Å². The molecule has 0 atom stereocenters. The van der Waals surface area contributed by atoms with E-state index in [1.54, 1.807) is 0 Å². The lowest BCUT2D eigenvalue weighted by Crippen LogP contribution is -1.85. The fraction of sp³-hybridized carbons (Fsp3) is 0. The molecule has 2 heteroatoms. The number of hydrogen-bond acceptors (Lipinski definition) is 2. The first-order chi connectivity index (χ1) is 7.74. The van der Waals surface area contributed by atoms with E-state index in [1.807, 2.05) is 48.5 Å². The van der Waals surface area contributed by atoms with Gasteiger partial charge in [0.25, 0.3) is 0 Å². The Balaban J connectivity index is 2.28. The van der Waals surface area contributed by atoms with E-state index in [1.165, 1.54) is 0 Å². The standard InChI is InChI=1S/C14H12N2/c15-13-5-1-3-11(9-13)7-8-12-4-2-6-14(16)10-12/h1-6,9-10H,15-16H2. The Bertz CT molecular complexity index is 513. The van der Waals surface area contributed by atoms with E-state index >= 15 is 0 Å². The third kappa shape index (κ3) is 2.55. The van der Waals surface area contributed by atoms with Crippen molar-refractivity contribution in [2.24, 2.45) is 0 Å². The Morgan fingerprint density at radius 3 is 1.50 bits per heavy atom. The number of benzene rings is 2. The Hall–Kier alpha value is -2.40. The second-order valence-electron chi connectivity index (χ2n) is 3.50. The molecule has 16 heavy (non-hydrogen) atoms. The molecule has 4 N–H and O–H groups in total. The Morgan fingerprint density at radius 1 is 0.688 bits per heavy atom. The minimum absolute atomic E-state index is 0.722. The van der Waals surface area contributed by atoms with Gasteiger partial charge in [-0.05, 0) is 36.4 Å². The third-order valence-electron chi connectivity index (χ3n) is 2.12. The molecule has 2 nitrogen and oxygen atoms in total. The molecular weight excluding hydrogens is 196 g/mol. The molecule has 0 fully saturated rings. The predicted molar refractivity (Wildman–Crippen MR) is 67.7 cm³/mol. The van der Waals surface area contributed by atoms with Gasteiger partial charge >= 0.3 is 0 Å². The lowest BCUT2D eigenvalue weighted by molar-refractivity contribution is 1.61. The van der Waals surface area contributed by atoms with Crippen LogP contribution in [0.4, 0.5) is 11.4 Å². The normalized spacial score (nSPS) is 9.25. The van der Waals surface area contributed by atoms with Gasteiger partial charge in [0.1, 0.15) is 0 Å². The topological polar surface area (TPSA) is 52.0 Å². The van der Waals surface area contributed by atoms with E-state index < -0.39 is 0 Å². The van der Waals surface area contributed by atoms with Gasteiger partial charge in [0.15, 0.2) is 0 Å². The van der Waals surface area contributed by atoms with Gasteiger partial charge in [-0.25, -0.2) is 0 Å². The van der Waals surface area contributed by atoms with Crippen molar-refractivity contribution < 1.29 is 0 Å². The van der Waals surface area contributed by atoms with Gasteiger partial charge in [-0.15, -0.1) is 0 Å². The molecule has 2 aromatic carbocycles. The number of rotatable bonds is 0. The molecule has 2 aromatic rings. The molecular formula is C14H12N2. The fourth-order valence-electron chi connectivity index (χ4n) is 1.38. The van der Waals surface area contributed by atoms with Crippen molar-refractivity contribution in [1.82, 2.24) is 0 Å². The van der Waals surface area contributed by atoms with Crippen LogP contribution in [0, 0.1) is 11.8 Å². The summed E-state index contributed by atoms with van der Waals surface area (Å²) in [6, 6.07) is 15.0. The second kappa shape index (κ2) is 4.41. The summed E-state index contributed by atoms with van der Waals surface area (Å²) in [6.45, 7) is 0. The average molecular weight is 208 g/mol. The smallest absolute Gasteiger partial charge is 0.0326 e. The van der Waals surface area contributed by atoms with Crippen LogP contribution < -0.4 is 11.5 Å². The van der Waals surface area contributed by atoms with Crippen LogP contribution in [0.1, 0.15) is 11.1 Å². The Kier molecular flexibility index (Phi) is 2.79. The number of hydrogen-bond donors (Lipinski definition) is 2. The van der Waals surface area contributed by atoms with Gasteiger partial charge in [0, 0.05) is 22.5 Å². The zero-order valence-electron chi connectivity index (χ0n) is 8.77. The van der Waals surface area contributed by atoms with E-state index in [0.717, 1.165) is 22.5 Å². The van der Waals surface area contributed by atoms with Gasteiger partial charge in [0.05, 0.1) is 0 Å². The summed E-state index contributed by atoms with van der Waals surface area (Å²) in [5.41, 5.74) is 14.6. The quantitative estimate of drug-likeness (QED) is 0.515. The lowest BCUT2D eigenvalue weighted by Gasteiger charge is -1.94. The minimum Gasteiger partial charge on any atom is -0.399 e. The van der Waals surface area contributed by atoms with Crippen LogP contribution in [-0.2, 0) is 0 Å². The van der Waals surface area contributed by atoms with Crippen LogP contribution in [0.3, 0.4) is 0 Å². The van der Waals surface area contributed by atoms with Crippen LogP contribution in [0.5, 0.6) is 0 Å². The van der Waals surface area contributed by atoms with Gasteiger partial charge < -0.3 is 11.5 Å². The maximum Gasteiger partial charge on any atom is 0.0326 e. The highest BCUT2D eigenvalue weighted by Crippen LogP contribution is 2.07. The van der Waals surface area contributed by atoms with Gasteiger partial charge in [-0.2, -0.15) is 0 Å². The van der Waals surface area contributed by atoms with E-state index in [2.05, 4.69) is 11.8 Å². The van der Waals surface area contributed by atoms with Crippen molar-refractivity contribution in [2.45, 2.75) is 0 Å². The molecule has 0 aliphatic rings. The Morgan fingerprint density at radius 2 is 1.12 bits per heavy atom. The maximum atomic E-state index is 5.66. The summed E-state index contributed by atoms with van der Waals surface area (Å²) in [4.78, 5) is 0. The van der Waals surface area contributed by atoms with E-state index in [0.29, 0.717) is 0 Å². The molecule has 0 spiro atoms. The molecule has 0 bridgehead atoms. The first-order valence-corrected chi connectivity index (χ1v) is 4.97. The largest absolute Gasteiger partial charge is 0.399 e. The monoisotopic (exact) mass is 208 g/mol. The zero-order valence-corrected chi connectivity index (χ0v) is 8.77. The first kappa shape index (κ1) is 10.1. The van der Waals surface area contributed by atoms with Crippen molar-refractivity contribution in [3.8, 4) is 11.8 Å². The molecule has 0 aliphatic heterocycles. The van der Waals surface area contributed by atoms with Crippen LogP contribution in [0.2, 0.25) is 0 Å². The molecule has 78 valence electrons. The van der Waals surface area contributed by atoms with E-state index in [9.17, 15) is 0 Å². The number of anilines is 2.